The third kappa shape index (κ3) is 6.83. The Morgan fingerprint density at radius 2 is 1.82 bits per heavy atom. The molecule has 6 nitrogen and oxygen atoms in total. The maximum Gasteiger partial charge on any atom is 0.573 e. The fourth-order valence-corrected chi connectivity index (χ4v) is 4.38. The molecule has 12 heteroatoms. The molecule has 1 aliphatic heterocycles. The van der Waals surface area contributed by atoms with Crippen LogP contribution in [0.25, 0.3) is 0 Å². The second kappa shape index (κ2) is 10.9. The number of rotatable bonds is 7. The van der Waals surface area contributed by atoms with Gasteiger partial charge in [-0.1, -0.05) is 18.5 Å². The molecule has 1 unspecified atom stereocenters. The number of hydrogen-bond donors (Lipinski definition) is 1. The summed E-state index contributed by atoms with van der Waals surface area (Å²) in [5.74, 6) is -1.85. The zero-order valence-electron chi connectivity index (χ0n) is 18.5. The van der Waals surface area contributed by atoms with Crippen molar-refractivity contribution in [2.75, 3.05) is 37.3 Å². The summed E-state index contributed by atoms with van der Waals surface area (Å²) < 4.78 is 69.2. The smallest absolute Gasteiger partial charge is 0.404 e. The highest BCUT2D eigenvalue weighted by Gasteiger charge is 2.32. The molecule has 0 bridgehead atoms. The van der Waals surface area contributed by atoms with Crippen molar-refractivity contribution in [1.82, 2.24) is 9.62 Å². The van der Waals surface area contributed by atoms with Crippen LogP contribution in [0.15, 0.2) is 30.3 Å². The summed E-state index contributed by atoms with van der Waals surface area (Å²) >= 11 is 5.96. The third-order valence-corrected chi connectivity index (χ3v) is 6.19. The molecule has 3 rings (SSSR count). The maximum atomic E-state index is 14.6. The Bertz CT molecular complexity index is 1080. The first-order valence-electron chi connectivity index (χ1n) is 10.4. The van der Waals surface area contributed by atoms with E-state index in [1.54, 1.807) is 0 Å². The van der Waals surface area contributed by atoms with E-state index in [9.17, 15) is 26.6 Å². The van der Waals surface area contributed by atoms with Gasteiger partial charge in [-0.05, 0) is 47.9 Å². The summed E-state index contributed by atoms with van der Waals surface area (Å²) in [4.78, 5) is 16.2. The quantitative estimate of drug-likeness (QED) is 0.551. The summed E-state index contributed by atoms with van der Waals surface area (Å²) in [6.07, 6.45) is -2.93. The number of hydrogen-bond acceptors (Lipinski definition) is 5. The molecule has 186 valence electrons. The van der Waals surface area contributed by atoms with E-state index < -0.39 is 34.8 Å². The Balaban J connectivity index is 1.65. The van der Waals surface area contributed by atoms with Crippen LogP contribution in [0.2, 0.25) is 5.02 Å². The Hall–Kier alpha value is -2.37. The fourth-order valence-electron chi connectivity index (χ4n) is 3.79. The van der Waals surface area contributed by atoms with E-state index in [0.29, 0.717) is 44.8 Å². The van der Waals surface area contributed by atoms with Crippen molar-refractivity contribution in [2.24, 2.45) is 0 Å². The van der Waals surface area contributed by atoms with Gasteiger partial charge in [-0.15, -0.1) is 13.2 Å². The van der Waals surface area contributed by atoms with E-state index in [4.69, 9.17) is 11.6 Å². The first-order valence-corrected chi connectivity index (χ1v) is 12.4. The number of alkyl halides is 3. The molecule has 1 N–H and O–H groups in total. The zero-order chi connectivity index (χ0) is 25.0. The van der Waals surface area contributed by atoms with Crippen LogP contribution in [0.1, 0.15) is 28.4 Å². The number of halogens is 5. The highest BCUT2D eigenvalue weighted by Crippen LogP contribution is 2.33. The van der Waals surface area contributed by atoms with E-state index in [1.807, 2.05) is 11.8 Å². The molecule has 1 atom stereocenters. The van der Waals surface area contributed by atoms with Crippen molar-refractivity contribution >= 4 is 34.2 Å². The van der Waals surface area contributed by atoms with Gasteiger partial charge < -0.3 is 9.64 Å². The van der Waals surface area contributed by atoms with Gasteiger partial charge in [-0.3, -0.25) is 14.4 Å². The lowest BCUT2D eigenvalue weighted by Crippen LogP contribution is -2.46. The predicted octanol–water partition coefficient (Wildman–Crippen LogP) is 4.29. The van der Waals surface area contributed by atoms with Crippen LogP contribution < -0.4 is 14.4 Å². The fraction of sp³-hybridized carbons (Fsp3) is 0.409. The molecule has 0 aromatic heterocycles. The topological polar surface area (TPSA) is 61.9 Å². The number of carbonyl (C=O) groups excluding carboxylic acids is 1. The molecule has 1 saturated heterocycles. The lowest BCUT2D eigenvalue weighted by Gasteiger charge is -2.36. The van der Waals surface area contributed by atoms with Gasteiger partial charge in [0.25, 0.3) is 5.91 Å². The van der Waals surface area contributed by atoms with Crippen molar-refractivity contribution < 1.29 is 31.3 Å². The highest BCUT2D eigenvalue weighted by atomic mass is 35.5. The van der Waals surface area contributed by atoms with Crippen LogP contribution in [0.5, 0.6) is 5.75 Å². The maximum absolute atomic E-state index is 14.6. The van der Waals surface area contributed by atoms with Crippen LogP contribution >= 0.6 is 11.6 Å². The average Bonchev–Trinajstić information content (AvgIpc) is 2.74. The van der Waals surface area contributed by atoms with E-state index in [1.165, 1.54) is 36.6 Å². The van der Waals surface area contributed by atoms with E-state index >= 15 is 0 Å². The Morgan fingerprint density at radius 1 is 1.15 bits per heavy atom. The molecule has 1 heterocycles. The SMILES string of the molecule is CCc1cc(C(=O)NS(C)=O)c(F)cc1CN1CCN(c2ccc(OC(F)(F)F)c(Cl)c2)CC1. The summed E-state index contributed by atoms with van der Waals surface area (Å²) in [7, 11) is -1.60. The molecule has 1 amide bonds. The van der Waals surface area contributed by atoms with Crippen molar-refractivity contribution in [3.8, 4) is 5.75 Å². The van der Waals surface area contributed by atoms with Gasteiger partial charge in [0.1, 0.15) is 22.6 Å². The van der Waals surface area contributed by atoms with E-state index in [2.05, 4.69) is 14.4 Å². The molecule has 1 fully saturated rings. The molecular weight excluding hydrogens is 498 g/mol. The van der Waals surface area contributed by atoms with Crippen molar-refractivity contribution in [2.45, 2.75) is 26.3 Å². The lowest BCUT2D eigenvalue weighted by atomic mass is 10.00. The molecule has 34 heavy (non-hydrogen) atoms. The minimum atomic E-state index is -4.82. The van der Waals surface area contributed by atoms with Gasteiger partial charge in [0.15, 0.2) is 0 Å². The summed E-state index contributed by atoms with van der Waals surface area (Å²) in [5.41, 5.74) is 2.13. The minimum Gasteiger partial charge on any atom is -0.404 e. The zero-order valence-corrected chi connectivity index (χ0v) is 20.1. The van der Waals surface area contributed by atoms with Crippen LogP contribution in [-0.4, -0.2) is 53.8 Å². The second-order valence-corrected chi connectivity index (χ2v) is 9.28. The number of carbonyl (C=O) groups is 1. The van der Waals surface area contributed by atoms with E-state index in [-0.39, 0.29) is 10.6 Å². The first kappa shape index (κ1) is 26.2. The molecule has 0 saturated carbocycles. The van der Waals surface area contributed by atoms with Gasteiger partial charge in [-0.25, -0.2) is 8.60 Å². The number of nitrogens with one attached hydrogen (secondary N) is 1. The van der Waals surface area contributed by atoms with Crippen molar-refractivity contribution in [3.05, 3.63) is 57.9 Å². The Labute approximate surface area is 202 Å². The monoisotopic (exact) mass is 521 g/mol. The molecule has 2 aromatic rings. The molecule has 0 aliphatic carbocycles. The minimum absolute atomic E-state index is 0.128. The van der Waals surface area contributed by atoms with Crippen LogP contribution in [0.3, 0.4) is 0 Å². The Morgan fingerprint density at radius 3 is 2.38 bits per heavy atom. The number of benzene rings is 2. The van der Waals surface area contributed by atoms with Gasteiger partial charge in [0.05, 0.1) is 10.6 Å². The standard InChI is InChI=1S/C22H24ClF4N3O3S/c1-3-14-10-17(21(31)28-34(2)32)19(24)11-15(14)13-29-6-8-30(9-7-29)16-4-5-20(18(23)12-16)33-22(25,26)27/h4-5,10-12H,3,6-9,13H2,1-2H3,(H,28,31). The van der Waals surface area contributed by atoms with Crippen LogP contribution in [0, 0.1) is 5.82 Å². The first-order chi connectivity index (χ1) is 16.0. The summed E-state index contributed by atoms with van der Waals surface area (Å²) in [6, 6.07) is 7.00. The van der Waals surface area contributed by atoms with Crippen molar-refractivity contribution in [3.63, 3.8) is 0 Å². The molecule has 0 spiro atoms. The van der Waals surface area contributed by atoms with Gasteiger partial charge >= 0.3 is 6.36 Å². The molecule has 0 radical (unpaired) electrons. The predicted molar refractivity (Wildman–Crippen MR) is 123 cm³/mol. The van der Waals surface area contributed by atoms with Crippen LogP contribution in [-0.2, 0) is 24.0 Å². The highest BCUT2D eigenvalue weighted by molar-refractivity contribution is 7.82. The number of piperazine rings is 1. The number of anilines is 1. The summed E-state index contributed by atoms with van der Waals surface area (Å²) in [5, 5.41) is -0.128. The largest absolute Gasteiger partial charge is 0.573 e. The molecule has 2 aromatic carbocycles. The number of amides is 1. The average molecular weight is 522 g/mol. The van der Waals surface area contributed by atoms with Crippen molar-refractivity contribution in [1.29, 1.82) is 0 Å². The molecular formula is C22H24ClF4N3O3S. The number of nitrogens with zero attached hydrogens (tertiary/aromatic N) is 2. The Kier molecular flexibility index (Phi) is 8.43. The number of aryl methyl sites for hydroxylation is 1. The number of ether oxygens (including phenoxy) is 1. The normalized spacial score (nSPS) is 15.8. The van der Waals surface area contributed by atoms with Crippen LogP contribution in [0.4, 0.5) is 23.2 Å². The third-order valence-electron chi connectivity index (χ3n) is 5.42. The van der Waals surface area contributed by atoms with Gasteiger partial charge in [0, 0.05) is 44.7 Å². The van der Waals surface area contributed by atoms with E-state index in [0.717, 1.165) is 11.1 Å². The summed E-state index contributed by atoms with van der Waals surface area (Å²) in [6.45, 7) is 4.87. The second-order valence-electron chi connectivity index (χ2n) is 7.77. The molecule has 1 aliphatic rings. The lowest BCUT2D eigenvalue weighted by molar-refractivity contribution is -0.274. The van der Waals surface area contributed by atoms with Gasteiger partial charge in [0.2, 0.25) is 0 Å². The van der Waals surface area contributed by atoms with Gasteiger partial charge in [-0.2, -0.15) is 0 Å².